The Morgan fingerprint density at radius 3 is 2.69 bits per heavy atom. The molecule has 1 unspecified atom stereocenters. The van der Waals surface area contributed by atoms with Gasteiger partial charge in [0.25, 0.3) is 0 Å². The number of aliphatic hydroxyl groups is 1. The molecule has 0 spiro atoms. The quantitative estimate of drug-likeness (QED) is 0.764. The predicted octanol–water partition coefficient (Wildman–Crippen LogP) is 0.880. The van der Waals surface area contributed by atoms with E-state index in [4.69, 9.17) is 18.5 Å². The van der Waals surface area contributed by atoms with Gasteiger partial charge in [-0.05, 0) is 12.1 Å². The summed E-state index contributed by atoms with van der Waals surface area (Å²) >= 11 is 0. The topological polar surface area (TPSA) is 83.5 Å². The second kappa shape index (κ2) is 3.91. The minimum absolute atomic E-state index is 0.0150. The highest BCUT2D eigenvalue weighted by Gasteiger charge is 2.03. The Balaban J connectivity index is 2.55. The highest BCUT2D eigenvalue weighted by Crippen LogP contribution is 2.09. The van der Waals surface area contributed by atoms with Crippen LogP contribution in [0.2, 0.25) is 0 Å². The summed E-state index contributed by atoms with van der Waals surface area (Å²) in [6.07, 6.45) is 1.18. The van der Waals surface area contributed by atoms with Crippen molar-refractivity contribution >= 4 is 10.0 Å². The van der Waals surface area contributed by atoms with Gasteiger partial charge in [0, 0.05) is 6.26 Å². The molecule has 0 bridgehead atoms. The van der Waals surface area contributed by atoms with Crippen molar-refractivity contribution < 1.29 is 17.9 Å². The van der Waals surface area contributed by atoms with Crippen LogP contribution >= 0.6 is 0 Å². The Morgan fingerprint density at radius 1 is 1.62 bits per heavy atom. The fourth-order valence-corrected chi connectivity index (χ4v) is 1.10. The summed E-state index contributed by atoms with van der Waals surface area (Å²) in [5, 5.41) is 8.65. The number of rotatable bonds is 4. The molecule has 6 heteroatoms. The standard InChI is InChI=1S/C7H11NO4S/c1-13(8,10)11-5-7-3-2-6(4-9)12-7/h2-3,8-9H,4-5H2,1H3. The van der Waals surface area contributed by atoms with Gasteiger partial charge in [-0.1, -0.05) is 0 Å². The van der Waals surface area contributed by atoms with Crippen LogP contribution in [0.1, 0.15) is 11.5 Å². The summed E-state index contributed by atoms with van der Waals surface area (Å²) in [5.74, 6) is 0.872. The van der Waals surface area contributed by atoms with Crippen LogP contribution in [-0.4, -0.2) is 15.6 Å². The van der Waals surface area contributed by atoms with E-state index in [1.807, 2.05) is 0 Å². The van der Waals surface area contributed by atoms with Crippen molar-refractivity contribution in [3.05, 3.63) is 23.7 Å². The van der Waals surface area contributed by atoms with Gasteiger partial charge < -0.3 is 9.52 Å². The van der Waals surface area contributed by atoms with Gasteiger partial charge in [-0.2, -0.15) is 0 Å². The van der Waals surface area contributed by atoms with Crippen molar-refractivity contribution in [3.63, 3.8) is 0 Å². The zero-order chi connectivity index (χ0) is 9.90. The first-order chi connectivity index (χ1) is 6.01. The molecule has 0 radical (unpaired) electrons. The molecule has 0 aliphatic rings. The predicted molar refractivity (Wildman–Crippen MR) is 46.2 cm³/mol. The van der Waals surface area contributed by atoms with Gasteiger partial charge in [-0.3, -0.25) is 4.18 Å². The van der Waals surface area contributed by atoms with E-state index in [2.05, 4.69) is 0 Å². The van der Waals surface area contributed by atoms with Crippen molar-refractivity contribution in [1.29, 1.82) is 4.78 Å². The van der Waals surface area contributed by atoms with Crippen molar-refractivity contribution in [2.45, 2.75) is 13.2 Å². The van der Waals surface area contributed by atoms with Gasteiger partial charge in [-0.25, -0.2) is 8.99 Å². The summed E-state index contributed by atoms with van der Waals surface area (Å²) in [6.45, 7) is -0.193. The maximum Gasteiger partial charge on any atom is 0.158 e. The number of aliphatic hydroxyl groups excluding tert-OH is 1. The Kier molecular flexibility index (Phi) is 3.07. The Bertz CT molecular complexity index is 368. The molecule has 1 aromatic heterocycles. The molecule has 1 heterocycles. The van der Waals surface area contributed by atoms with Crippen LogP contribution in [0.15, 0.2) is 16.5 Å². The zero-order valence-electron chi connectivity index (χ0n) is 7.15. The molecule has 2 N–H and O–H groups in total. The van der Waals surface area contributed by atoms with Crippen LogP contribution in [0, 0.1) is 4.78 Å². The maximum atomic E-state index is 10.8. The van der Waals surface area contributed by atoms with Crippen LogP contribution in [0.5, 0.6) is 0 Å². The van der Waals surface area contributed by atoms with Gasteiger partial charge in [0.05, 0.1) is 0 Å². The van der Waals surface area contributed by atoms with Crippen LogP contribution in [0.4, 0.5) is 0 Å². The van der Waals surface area contributed by atoms with Crippen LogP contribution in [0.25, 0.3) is 0 Å². The third-order valence-corrected chi connectivity index (χ3v) is 1.87. The van der Waals surface area contributed by atoms with Crippen molar-refractivity contribution in [2.24, 2.45) is 0 Å². The average molecular weight is 205 g/mol. The Morgan fingerprint density at radius 2 is 2.23 bits per heavy atom. The molecule has 1 rings (SSSR count). The molecule has 0 saturated heterocycles. The highest BCUT2D eigenvalue weighted by molar-refractivity contribution is 7.87. The zero-order valence-corrected chi connectivity index (χ0v) is 7.97. The lowest BCUT2D eigenvalue weighted by Gasteiger charge is -1.99. The van der Waals surface area contributed by atoms with Crippen molar-refractivity contribution in [1.82, 2.24) is 0 Å². The number of hydrogen-bond acceptors (Lipinski definition) is 5. The second-order valence-corrected chi connectivity index (χ2v) is 4.34. The van der Waals surface area contributed by atoms with Crippen LogP contribution in [-0.2, 0) is 27.4 Å². The van der Waals surface area contributed by atoms with Gasteiger partial charge in [-0.15, -0.1) is 0 Å². The number of nitrogens with one attached hydrogen (secondary N) is 1. The van der Waals surface area contributed by atoms with E-state index < -0.39 is 10.0 Å². The molecule has 0 aliphatic carbocycles. The largest absolute Gasteiger partial charge is 0.461 e. The minimum Gasteiger partial charge on any atom is -0.461 e. The maximum absolute atomic E-state index is 10.8. The average Bonchev–Trinajstić information content (AvgIpc) is 2.47. The molecule has 0 aliphatic heterocycles. The van der Waals surface area contributed by atoms with E-state index in [9.17, 15) is 4.21 Å². The summed E-state index contributed by atoms with van der Waals surface area (Å²) in [7, 11) is -2.94. The lowest BCUT2D eigenvalue weighted by Crippen LogP contribution is -1.99. The summed E-state index contributed by atoms with van der Waals surface area (Å²) < 4.78 is 27.5. The molecule has 1 aromatic rings. The van der Waals surface area contributed by atoms with Crippen LogP contribution in [0.3, 0.4) is 0 Å². The minimum atomic E-state index is -2.94. The second-order valence-electron chi connectivity index (χ2n) is 2.56. The first kappa shape index (κ1) is 10.2. The van der Waals surface area contributed by atoms with E-state index in [0.717, 1.165) is 0 Å². The van der Waals surface area contributed by atoms with Crippen molar-refractivity contribution in [3.8, 4) is 0 Å². The fraction of sp³-hybridized carbons (Fsp3) is 0.429. The van der Waals surface area contributed by atoms with E-state index in [1.54, 1.807) is 12.1 Å². The van der Waals surface area contributed by atoms with Crippen molar-refractivity contribution in [2.75, 3.05) is 6.26 Å². The molecule has 74 valence electrons. The van der Waals surface area contributed by atoms with Crippen LogP contribution < -0.4 is 0 Å². The SMILES string of the molecule is CS(=N)(=O)OCc1ccc(CO)o1. The monoisotopic (exact) mass is 205 g/mol. The molecule has 5 nitrogen and oxygen atoms in total. The first-order valence-corrected chi connectivity index (χ1v) is 5.47. The van der Waals surface area contributed by atoms with E-state index in [0.29, 0.717) is 11.5 Å². The normalized spacial score (nSPS) is 15.5. The van der Waals surface area contributed by atoms with Gasteiger partial charge >= 0.3 is 0 Å². The molecule has 0 amide bonds. The highest BCUT2D eigenvalue weighted by atomic mass is 32.2. The smallest absolute Gasteiger partial charge is 0.158 e. The fourth-order valence-electron chi connectivity index (χ4n) is 0.755. The van der Waals surface area contributed by atoms with Gasteiger partial charge in [0.15, 0.2) is 10.0 Å². The number of furan rings is 1. The lowest BCUT2D eigenvalue weighted by molar-refractivity contribution is 0.230. The van der Waals surface area contributed by atoms with E-state index in [1.165, 1.54) is 6.26 Å². The number of hydrogen-bond donors (Lipinski definition) is 2. The summed E-state index contributed by atoms with van der Waals surface area (Å²) in [6, 6.07) is 3.21. The van der Waals surface area contributed by atoms with E-state index in [-0.39, 0.29) is 13.2 Å². The Hall–Kier alpha value is -0.850. The molecule has 1 atom stereocenters. The third kappa shape index (κ3) is 3.58. The third-order valence-electron chi connectivity index (χ3n) is 1.30. The molecule has 0 aromatic carbocycles. The molecular formula is C7H11NO4S. The summed E-state index contributed by atoms with van der Waals surface area (Å²) in [4.78, 5) is 0. The molecule has 13 heavy (non-hydrogen) atoms. The molecular weight excluding hydrogens is 194 g/mol. The lowest BCUT2D eigenvalue weighted by atomic mass is 10.4. The summed E-state index contributed by atoms with van der Waals surface area (Å²) in [5.41, 5.74) is 0. The van der Waals surface area contributed by atoms with Gasteiger partial charge in [0.1, 0.15) is 24.7 Å². The molecule has 0 fully saturated rings. The Labute approximate surface area is 76.5 Å². The van der Waals surface area contributed by atoms with Gasteiger partial charge in [0.2, 0.25) is 0 Å². The first-order valence-electron chi connectivity index (χ1n) is 3.58. The molecule has 0 saturated carbocycles. The van der Waals surface area contributed by atoms with E-state index >= 15 is 0 Å².